The fourth-order valence-corrected chi connectivity index (χ4v) is 3.23. The summed E-state index contributed by atoms with van der Waals surface area (Å²) in [5, 5.41) is 9.79. The molecule has 3 rings (SSSR count). The molecule has 1 amide bonds. The van der Waals surface area contributed by atoms with Crippen LogP contribution in [0.2, 0.25) is 0 Å². The van der Waals surface area contributed by atoms with Gasteiger partial charge in [0, 0.05) is 22.9 Å². The highest BCUT2D eigenvalue weighted by Crippen LogP contribution is 2.24. The van der Waals surface area contributed by atoms with Crippen LogP contribution in [0.25, 0.3) is 10.8 Å². The van der Waals surface area contributed by atoms with E-state index in [1.807, 2.05) is 29.2 Å². The number of amides is 1. The van der Waals surface area contributed by atoms with Crippen LogP contribution >= 0.6 is 0 Å². The third-order valence-electron chi connectivity index (χ3n) is 4.35. The van der Waals surface area contributed by atoms with Crippen LogP contribution in [0.15, 0.2) is 30.5 Å². The van der Waals surface area contributed by atoms with Gasteiger partial charge in [0.1, 0.15) is 0 Å². The van der Waals surface area contributed by atoms with Crippen molar-refractivity contribution < 1.29 is 9.53 Å². The molecule has 5 nitrogen and oxygen atoms in total. The van der Waals surface area contributed by atoms with Gasteiger partial charge in [-0.15, -0.1) is 5.10 Å². The summed E-state index contributed by atoms with van der Waals surface area (Å²) < 4.78 is 5.67. The number of hydrogen-bond donors (Lipinski definition) is 0. The van der Waals surface area contributed by atoms with Crippen LogP contribution in [0, 0.1) is 0 Å². The first-order valence-corrected chi connectivity index (χ1v) is 7.81. The average molecular weight is 299 g/mol. The van der Waals surface area contributed by atoms with Gasteiger partial charge < -0.3 is 9.64 Å². The lowest BCUT2D eigenvalue weighted by molar-refractivity contribution is -0.139. The first kappa shape index (κ1) is 14.8. The molecule has 0 bridgehead atoms. The molecule has 116 valence electrons. The van der Waals surface area contributed by atoms with Crippen molar-refractivity contribution in [3.63, 3.8) is 0 Å². The summed E-state index contributed by atoms with van der Waals surface area (Å²) in [6, 6.07) is 8.30. The Kier molecular flexibility index (Phi) is 4.22. The fourth-order valence-electron chi connectivity index (χ4n) is 3.23. The molecule has 2 atom stereocenters. The lowest BCUT2D eigenvalue weighted by atomic mass is 9.97. The molecule has 1 aromatic heterocycles. The molecule has 1 aromatic carbocycles. The highest BCUT2D eigenvalue weighted by molar-refractivity contribution is 5.86. The Hall–Kier alpha value is -2.17. The van der Waals surface area contributed by atoms with Gasteiger partial charge in [0.15, 0.2) is 6.61 Å². The van der Waals surface area contributed by atoms with Crippen LogP contribution in [0.4, 0.5) is 0 Å². The van der Waals surface area contributed by atoms with E-state index in [-0.39, 0.29) is 24.6 Å². The van der Waals surface area contributed by atoms with Crippen molar-refractivity contribution in [2.75, 3.05) is 6.61 Å². The van der Waals surface area contributed by atoms with Gasteiger partial charge in [0.2, 0.25) is 5.88 Å². The lowest BCUT2D eigenvalue weighted by Gasteiger charge is -2.38. The summed E-state index contributed by atoms with van der Waals surface area (Å²) in [6.07, 6.45) is 4.99. The zero-order chi connectivity index (χ0) is 15.5. The molecule has 0 spiro atoms. The Morgan fingerprint density at radius 1 is 1.27 bits per heavy atom. The molecule has 2 heterocycles. The minimum absolute atomic E-state index is 0.0113. The first-order valence-electron chi connectivity index (χ1n) is 7.81. The van der Waals surface area contributed by atoms with E-state index in [2.05, 4.69) is 24.0 Å². The van der Waals surface area contributed by atoms with Crippen molar-refractivity contribution in [3.05, 3.63) is 30.5 Å². The molecule has 2 unspecified atom stereocenters. The molecule has 1 saturated heterocycles. The Bertz CT molecular complexity index is 659. The van der Waals surface area contributed by atoms with E-state index >= 15 is 0 Å². The predicted octanol–water partition coefficient (Wildman–Crippen LogP) is 2.80. The van der Waals surface area contributed by atoms with Crippen molar-refractivity contribution in [2.24, 2.45) is 0 Å². The SMILES string of the molecule is CC1CCCC(C)N1C(=O)COc1nncc2ccccc12. The number of benzene rings is 1. The van der Waals surface area contributed by atoms with Crippen LogP contribution in [0.1, 0.15) is 33.1 Å². The van der Waals surface area contributed by atoms with Crippen LogP contribution < -0.4 is 4.74 Å². The van der Waals surface area contributed by atoms with Gasteiger partial charge in [-0.3, -0.25) is 4.79 Å². The smallest absolute Gasteiger partial charge is 0.261 e. The number of aromatic nitrogens is 2. The minimum Gasteiger partial charge on any atom is -0.466 e. The molecular formula is C17H21N3O2. The number of carbonyl (C=O) groups excluding carboxylic acids is 1. The quantitative estimate of drug-likeness (QED) is 0.874. The molecule has 0 N–H and O–H groups in total. The van der Waals surface area contributed by atoms with Gasteiger partial charge in [-0.2, -0.15) is 5.10 Å². The molecular weight excluding hydrogens is 278 g/mol. The Morgan fingerprint density at radius 3 is 2.77 bits per heavy atom. The highest BCUT2D eigenvalue weighted by Gasteiger charge is 2.29. The van der Waals surface area contributed by atoms with E-state index in [1.165, 1.54) is 6.42 Å². The van der Waals surface area contributed by atoms with E-state index in [0.717, 1.165) is 23.6 Å². The fraction of sp³-hybridized carbons (Fsp3) is 0.471. The van der Waals surface area contributed by atoms with Crippen LogP contribution in [0.5, 0.6) is 5.88 Å². The van der Waals surface area contributed by atoms with Gasteiger partial charge in [0.05, 0.1) is 6.20 Å². The van der Waals surface area contributed by atoms with Crippen LogP contribution in [-0.2, 0) is 4.79 Å². The zero-order valence-corrected chi connectivity index (χ0v) is 13.0. The van der Waals surface area contributed by atoms with Crippen LogP contribution in [0.3, 0.4) is 0 Å². The molecule has 0 aliphatic carbocycles. The molecule has 1 aliphatic rings. The summed E-state index contributed by atoms with van der Waals surface area (Å²) in [5.41, 5.74) is 0. The lowest BCUT2D eigenvalue weighted by Crippen LogP contribution is -2.49. The molecule has 5 heteroatoms. The summed E-state index contributed by atoms with van der Waals surface area (Å²) in [5.74, 6) is 0.443. The van der Waals surface area contributed by atoms with Crippen molar-refractivity contribution in [1.82, 2.24) is 15.1 Å². The predicted molar refractivity (Wildman–Crippen MR) is 84.7 cm³/mol. The van der Waals surface area contributed by atoms with Crippen molar-refractivity contribution >= 4 is 16.7 Å². The van der Waals surface area contributed by atoms with Gasteiger partial charge >= 0.3 is 0 Å². The maximum atomic E-state index is 12.5. The first-order chi connectivity index (χ1) is 10.7. The van der Waals surface area contributed by atoms with Gasteiger partial charge in [-0.25, -0.2) is 0 Å². The van der Waals surface area contributed by atoms with E-state index in [1.54, 1.807) is 6.20 Å². The maximum absolute atomic E-state index is 12.5. The minimum atomic E-state index is 0.0113. The zero-order valence-electron chi connectivity index (χ0n) is 13.0. The number of rotatable bonds is 3. The second-order valence-electron chi connectivity index (χ2n) is 5.96. The second-order valence-corrected chi connectivity index (χ2v) is 5.96. The van der Waals surface area contributed by atoms with Crippen LogP contribution in [-0.4, -0.2) is 39.7 Å². The number of likely N-dealkylation sites (tertiary alicyclic amines) is 1. The number of nitrogens with zero attached hydrogens (tertiary/aromatic N) is 3. The van der Waals surface area contributed by atoms with E-state index in [0.29, 0.717) is 5.88 Å². The third-order valence-corrected chi connectivity index (χ3v) is 4.35. The van der Waals surface area contributed by atoms with E-state index in [4.69, 9.17) is 4.74 Å². The van der Waals surface area contributed by atoms with Crippen molar-refractivity contribution in [2.45, 2.75) is 45.2 Å². The third kappa shape index (κ3) is 2.89. The number of ether oxygens (including phenoxy) is 1. The van der Waals surface area contributed by atoms with Crippen molar-refractivity contribution in [1.29, 1.82) is 0 Å². The Balaban J connectivity index is 1.72. The monoisotopic (exact) mass is 299 g/mol. The number of hydrogen-bond acceptors (Lipinski definition) is 4. The second kappa shape index (κ2) is 6.30. The normalized spacial score (nSPS) is 21.8. The molecule has 22 heavy (non-hydrogen) atoms. The summed E-state index contributed by atoms with van der Waals surface area (Å²) in [6.45, 7) is 4.22. The standard InChI is InChI=1S/C17H21N3O2/c1-12-6-5-7-13(2)20(12)16(21)11-22-17-15-9-4-3-8-14(15)10-18-19-17/h3-4,8-10,12-13H,5-7,11H2,1-2H3. The summed E-state index contributed by atoms with van der Waals surface area (Å²) in [4.78, 5) is 14.4. The van der Waals surface area contributed by atoms with Crippen molar-refractivity contribution in [3.8, 4) is 5.88 Å². The van der Waals surface area contributed by atoms with Gasteiger partial charge in [-0.05, 0) is 39.2 Å². The number of carbonyl (C=O) groups is 1. The molecule has 1 aliphatic heterocycles. The Morgan fingerprint density at radius 2 is 2.00 bits per heavy atom. The largest absolute Gasteiger partial charge is 0.466 e. The summed E-state index contributed by atoms with van der Waals surface area (Å²) in [7, 11) is 0. The number of piperidine rings is 1. The molecule has 0 radical (unpaired) electrons. The Labute approximate surface area is 130 Å². The molecule has 0 saturated carbocycles. The topological polar surface area (TPSA) is 55.3 Å². The number of fused-ring (bicyclic) bond motifs is 1. The van der Waals surface area contributed by atoms with Gasteiger partial charge in [-0.1, -0.05) is 18.2 Å². The van der Waals surface area contributed by atoms with Gasteiger partial charge in [0.25, 0.3) is 5.91 Å². The molecule has 1 fully saturated rings. The van der Waals surface area contributed by atoms with E-state index in [9.17, 15) is 4.79 Å². The van der Waals surface area contributed by atoms with E-state index < -0.39 is 0 Å². The maximum Gasteiger partial charge on any atom is 0.261 e. The summed E-state index contributed by atoms with van der Waals surface area (Å²) >= 11 is 0. The highest BCUT2D eigenvalue weighted by atomic mass is 16.5. The molecule has 2 aromatic rings. The average Bonchev–Trinajstić information content (AvgIpc) is 2.52.